The molecule has 1 unspecified atom stereocenters. The predicted molar refractivity (Wildman–Crippen MR) is 48.6 cm³/mol. The molecule has 0 bridgehead atoms. The highest BCUT2D eigenvalue weighted by molar-refractivity contribution is 7.07. The molecule has 4 heteroatoms. The molecule has 3 nitrogen and oxygen atoms in total. The van der Waals surface area contributed by atoms with Gasteiger partial charge < -0.3 is 5.32 Å². The monoisotopic (exact) mass is 181 g/mol. The van der Waals surface area contributed by atoms with Gasteiger partial charge in [0.2, 0.25) is 0 Å². The van der Waals surface area contributed by atoms with E-state index in [1.165, 1.54) is 0 Å². The molecule has 0 fully saturated rings. The summed E-state index contributed by atoms with van der Waals surface area (Å²) in [6.45, 7) is 3.39. The maximum atomic E-state index is 8.49. The number of nitrogens with zero attached hydrogens (tertiary/aromatic N) is 2. The predicted octanol–water partition coefficient (Wildman–Crippen LogP) is 1.39. The summed E-state index contributed by atoms with van der Waals surface area (Å²) < 4.78 is 0. The highest BCUT2D eigenvalue weighted by Gasteiger charge is 1.98. The average Bonchev–Trinajstić information content (AvgIpc) is 2.57. The molecular formula is C8H11N3S. The van der Waals surface area contributed by atoms with Gasteiger partial charge in [0.05, 0.1) is 23.2 Å². The number of thiazole rings is 1. The lowest BCUT2D eigenvalue weighted by Gasteiger charge is -2.02. The fourth-order valence-corrected chi connectivity index (χ4v) is 1.35. The normalized spacial score (nSPS) is 12.3. The maximum Gasteiger partial charge on any atom is 0.0795 e. The molecule has 1 rings (SSSR count). The van der Waals surface area contributed by atoms with Crippen molar-refractivity contribution in [2.75, 3.05) is 6.54 Å². The molecule has 0 radical (unpaired) electrons. The molecule has 0 aliphatic rings. The second-order valence-electron chi connectivity index (χ2n) is 2.64. The molecule has 1 N–H and O–H groups in total. The van der Waals surface area contributed by atoms with Gasteiger partial charge in [0, 0.05) is 18.5 Å². The Kier molecular flexibility index (Phi) is 3.71. The zero-order valence-electron chi connectivity index (χ0n) is 6.95. The Morgan fingerprint density at radius 2 is 2.67 bits per heavy atom. The van der Waals surface area contributed by atoms with Gasteiger partial charge >= 0.3 is 0 Å². The van der Waals surface area contributed by atoms with Crippen LogP contribution in [0.25, 0.3) is 0 Å². The van der Waals surface area contributed by atoms with Crippen molar-refractivity contribution in [1.29, 1.82) is 5.26 Å². The SMILES string of the molecule is CC(C#N)CNCc1cscn1. The lowest BCUT2D eigenvalue weighted by atomic mass is 10.2. The number of hydrogen-bond donors (Lipinski definition) is 1. The van der Waals surface area contributed by atoms with Crippen LogP contribution in [0.5, 0.6) is 0 Å². The first kappa shape index (κ1) is 9.17. The highest BCUT2D eigenvalue weighted by Crippen LogP contribution is 2.00. The van der Waals surface area contributed by atoms with Crippen LogP contribution in [0.1, 0.15) is 12.6 Å². The lowest BCUT2D eigenvalue weighted by molar-refractivity contribution is 0.597. The van der Waals surface area contributed by atoms with E-state index in [0.717, 1.165) is 18.8 Å². The molecule has 1 atom stereocenters. The zero-order valence-corrected chi connectivity index (χ0v) is 7.77. The fourth-order valence-electron chi connectivity index (χ4n) is 0.787. The minimum Gasteiger partial charge on any atom is -0.310 e. The first-order valence-electron chi connectivity index (χ1n) is 3.80. The Morgan fingerprint density at radius 1 is 1.83 bits per heavy atom. The van der Waals surface area contributed by atoms with E-state index in [-0.39, 0.29) is 5.92 Å². The summed E-state index contributed by atoms with van der Waals surface area (Å²) >= 11 is 1.59. The van der Waals surface area contributed by atoms with Crippen LogP contribution >= 0.6 is 11.3 Å². The third-order valence-corrected chi connectivity index (χ3v) is 2.10. The molecule has 0 saturated heterocycles. The largest absolute Gasteiger partial charge is 0.310 e. The van der Waals surface area contributed by atoms with Crippen LogP contribution in [0.15, 0.2) is 10.9 Å². The number of aromatic nitrogens is 1. The van der Waals surface area contributed by atoms with Gasteiger partial charge in [0.1, 0.15) is 0 Å². The van der Waals surface area contributed by atoms with E-state index >= 15 is 0 Å². The van der Waals surface area contributed by atoms with E-state index < -0.39 is 0 Å². The van der Waals surface area contributed by atoms with E-state index in [1.54, 1.807) is 11.3 Å². The summed E-state index contributed by atoms with van der Waals surface area (Å²) in [5, 5.41) is 13.7. The van der Waals surface area contributed by atoms with Crippen LogP contribution in [0.3, 0.4) is 0 Å². The molecule has 12 heavy (non-hydrogen) atoms. The quantitative estimate of drug-likeness (QED) is 0.763. The average molecular weight is 181 g/mol. The molecule has 1 heterocycles. The third-order valence-electron chi connectivity index (χ3n) is 1.46. The van der Waals surface area contributed by atoms with E-state index in [4.69, 9.17) is 5.26 Å². The lowest BCUT2D eigenvalue weighted by Crippen LogP contribution is -2.19. The van der Waals surface area contributed by atoms with Crippen molar-refractivity contribution >= 4 is 11.3 Å². The molecule has 0 aromatic carbocycles. The zero-order chi connectivity index (χ0) is 8.81. The summed E-state index contributed by atoms with van der Waals surface area (Å²) in [6.07, 6.45) is 0. The second kappa shape index (κ2) is 4.86. The first-order valence-corrected chi connectivity index (χ1v) is 4.74. The Labute approximate surface area is 76.1 Å². The van der Waals surface area contributed by atoms with Crippen LogP contribution in [-0.4, -0.2) is 11.5 Å². The minimum atomic E-state index is 0.0728. The second-order valence-corrected chi connectivity index (χ2v) is 3.36. The summed E-state index contributed by atoms with van der Waals surface area (Å²) in [4.78, 5) is 4.11. The van der Waals surface area contributed by atoms with E-state index in [1.807, 2.05) is 17.8 Å². The molecule has 0 amide bonds. The van der Waals surface area contributed by atoms with Crippen LogP contribution < -0.4 is 5.32 Å². The van der Waals surface area contributed by atoms with Gasteiger partial charge in [-0.15, -0.1) is 11.3 Å². The van der Waals surface area contributed by atoms with Gasteiger partial charge in [0.15, 0.2) is 0 Å². The molecule has 0 aliphatic carbocycles. The fraction of sp³-hybridized carbons (Fsp3) is 0.500. The van der Waals surface area contributed by atoms with Crippen molar-refractivity contribution in [1.82, 2.24) is 10.3 Å². The summed E-state index contributed by atoms with van der Waals surface area (Å²) in [5.41, 5.74) is 2.86. The number of nitrogens with one attached hydrogen (secondary N) is 1. The van der Waals surface area contributed by atoms with Gasteiger partial charge in [-0.2, -0.15) is 5.26 Å². The number of hydrogen-bond acceptors (Lipinski definition) is 4. The third kappa shape index (κ3) is 2.99. The van der Waals surface area contributed by atoms with E-state index in [0.29, 0.717) is 0 Å². The Balaban J connectivity index is 2.16. The maximum absolute atomic E-state index is 8.49. The molecule has 0 aliphatic heterocycles. The Hall–Kier alpha value is -0.920. The number of rotatable bonds is 4. The molecule has 64 valence electrons. The van der Waals surface area contributed by atoms with Crippen LogP contribution in [0.2, 0.25) is 0 Å². The molecular weight excluding hydrogens is 170 g/mol. The molecule has 1 aromatic rings. The number of nitriles is 1. The smallest absolute Gasteiger partial charge is 0.0795 e. The van der Waals surface area contributed by atoms with Crippen LogP contribution in [-0.2, 0) is 6.54 Å². The van der Waals surface area contributed by atoms with Gasteiger partial charge in [-0.3, -0.25) is 0 Å². The Morgan fingerprint density at radius 3 is 3.25 bits per heavy atom. The van der Waals surface area contributed by atoms with Gasteiger partial charge in [-0.25, -0.2) is 4.98 Å². The van der Waals surface area contributed by atoms with Gasteiger partial charge in [-0.1, -0.05) is 0 Å². The molecule has 0 saturated carbocycles. The van der Waals surface area contributed by atoms with Crippen molar-refractivity contribution in [3.8, 4) is 6.07 Å². The van der Waals surface area contributed by atoms with Crippen molar-refractivity contribution in [2.24, 2.45) is 5.92 Å². The summed E-state index contributed by atoms with van der Waals surface area (Å²) in [5.74, 6) is 0.0728. The first-order chi connectivity index (χ1) is 5.83. The standard InChI is InChI=1S/C8H11N3S/c1-7(2-9)3-10-4-8-5-12-6-11-8/h5-7,10H,3-4H2,1H3. The molecule has 1 aromatic heterocycles. The highest BCUT2D eigenvalue weighted by atomic mass is 32.1. The topological polar surface area (TPSA) is 48.7 Å². The van der Waals surface area contributed by atoms with Crippen molar-refractivity contribution in [3.63, 3.8) is 0 Å². The van der Waals surface area contributed by atoms with Crippen molar-refractivity contribution in [3.05, 3.63) is 16.6 Å². The minimum absolute atomic E-state index is 0.0728. The van der Waals surface area contributed by atoms with Crippen molar-refractivity contribution < 1.29 is 0 Å². The van der Waals surface area contributed by atoms with Crippen LogP contribution in [0.4, 0.5) is 0 Å². The van der Waals surface area contributed by atoms with E-state index in [9.17, 15) is 0 Å². The van der Waals surface area contributed by atoms with Crippen LogP contribution in [0, 0.1) is 17.2 Å². The Bertz CT molecular complexity index is 250. The van der Waals surface area contributed by atoms with Gasteiger partial charge in [0.25, 0.3) is 0 Å². The van der Waals surface area contributed by atoms with Crippen molar-refractivity contribution in [2.45, 2.75) is 13.5 Å². The van der Waals surface area contributed by atoms with E-state index in [2.05, 4.69) is 16.4 Å². The summed E-state index contributed by atoms with van der Waals surface area (Å²) in [6, 6.07) is 2.16. The van der Waals surface area contributed by atoms with Gasteiger partial charge in [-0.05, 0) is 6.92 Å². The summed E-state index contributed by atoms with van der Waals surface area (Å²) in [7, 11) is 0. The molecule has 0 spiro atoms.